The van der Waals surface area contributed by atoms with Crippen molar-refractivity contribution >= 4 is 28.3 Å². The lowest BCUT2D eigenvalue weighted by Crippen LogP contribution is -2.02. The monoisotopic (exact) mass is 214 g/mol. The molecule has 0 aliphatic heterocycles. The highest BCUT2D eigenvalue weighted by molar-refractivity contribution is 5.83. The zero-order valence-corrected chi connectivity index (χ0v) is 8.68. The van der Waals surface area contributed by atoms with Crippen molar-refractivity contribution in [2.75, 3.05) is 11.5 Å². The molecule has 4 N–H and O–H groups in total. The summed E-state index contributed by atoms with van der Waals surface area (Å²) in [6, 6.07) is 1.78. The van der Waals surface area contributed by atoms with E-state index in [9.17, 15) is 0 Å². The number of nitrogens with two attached hydrogens (primary N) is 2. The second-order valence-electron chi connectivity index (χ2n) is 3.68. The molecule has 0 aliphatic carbocycles. The van der Waals surface area contributed by atoms with Crippen LogP contribution in [0.2, 0.25) is 0 Å². The topological polar surface area (TPSA) is 95.1 Å². The van der Waals surface area contributed by atoms with Crippen molar-refractivity contribution in [2.45, 2.75) is 6.92 Å². The molecule has 6 heteroatoms. The first-order chi connectivity index (χ1) is 7.66. The van der Waals surface area contributed by atoms with Crippen LogP contribution in [0.3, 0.4) is 0 Å². The Balaban J connectivity index is 2.64. The molecule has 0 saturated carbocycles. The number of imidazole rings is 1. The van der Waals surface area contributed by atoms with E-state index < -0.39 is 0 Å². The van der Waals surface area contributed by atoms with Crippen LogP contribution in [0.25, 0.3) is 16.7 Å². The minimum atomic E-state index is 0.444. The van der Waals surface area contributed by atoms with E-state index in [4.69, 9.17) is 11.5 Å². The molecule has 0 spiro atoms. The summed E-state index contributed by atoms with van der Waals surface area (Å²) in [6.07, 6.45) is 3.31. The minimum Gasteiger partial charge on any atom is -0.384 e. The van der Waals surface area contributed by atoms with E-state index in [1.54, 1.807) is 23.0 Å². The normalized spacial score (nSPS) is 11.3. The number of hydrogen-bond donors (Lipinski definition) is 2. The SMILES string of the molecule is Cc1cc(N)nc2c1nc(N)c1cncn12. The highest BCUT2D eigenvalue weighted by atomic mass is 15.1. The van der Waals surface area contributed by atoms with Crippen molar-refractivity contribution < 1.29 is 0 Å². The summed E-state index contributed by atoms with van der Waals surface area (Å²) in [4.78, 5) is 12.6. The molecule has 3 heterocycles. The van der Waals surface area contributed by atoms with Gasteiger partial charge in [-0.1, -0.05) is 0 Å². The second kappa shape index (κ2) is 2.82. The van der Waals surface area contributed by atoms with Crippen LogP contribution >= 0.6 is 0 Å². The van der Waals surface area contributed by atoms with Gasteiger partial charge in [0.05, 0.1) is 6.20 Å². The highest BCUT2D eigenvalue weighted by Gasteiger charge is 2.09. The number of aryl methyl sites for hydroxylation is 1. The molecule has 0 aromatic carbocycles. The predicted octanol–water partition coefficient (Wildman–Crippen LogP) is 0.750. The van der Waals surface area contributed by atoms with Gasteiger partial charge in [-0.2, -0.15) is 0 Å². The molecule has 0 atom stereocenters. The van der Waals surface area contributed by atoms with Crippen LogP contribution < -0.4 is 11.5 Å². The smallest absolute Gasteiger partial charge is 0.167 e. The average molecular weight is 214 g/mol. The van der Waals surface area contributed by atoms with Crippen molar-refractivity contribution in [3.63, 3.8) is 0 Å². The van der Waals surface area contributed by atoms with Gasteiger partial charge in [-0.25, -0.2) is 15.0 Å². The lowest BCUT2D eigenvalue weighted by Gasteiger charge is -2.06. The molecule has 6 nitrogen and oxygen atoms in total. The molecule has 0 fully saturated rings. The van der Waals surface area contributed by atoms with Crippen molar-refractivity contribution in [1.29, 1.82) is 0 Å². The fourth-order valence-corrected chi connectivity index (χ4v) is 1.81. The zero-order valence-electron chi connectivity index (χ0n) is 8.68. The number of nitrogen functional groups attached to an aromatic ring is 2. The van der Waals surface area contributed by atoms with Gasteiger partial charge < -0.3 is 11.5 Å². The molecule has 80 valence electrons. The van der Waals surface area contributed by atoms with Crippen LogP contribution in [0, 0.1) is 6.92 Å². The standard InChI is InChI=1S/C10H10N6/c1-5-2-7(11)14-10-8(5)15-9(12)6-3-13-4-16(6)10/h2-4H,1H3,(H2,11,14)(H2,12,15). The molecule has 3 rings (SSSR count). The van der Waals surface area contributed by atoms with Crippen LogP contribution in [0.1, 0.15) is 5.56 Å². The number of aromatic nitrogens is 4. The van der Waals surface area contributed by atoms with Gasteiger partial charge in [0, 0.05) is 0 Å². The lowest BCUT2D eigenvalue weighted by atomic mass is 10.2. The summed E-state index contributed by atoms with van der Waals surface area (Å²) in [5.74, 6) is 0.909. The lowest BCUT2D eigenvalue weighted by molar-refractivity contribution is 1.14. The van der Waals surface area contributed by atoms with Gasteiger partial charge in [0.2, 0.25) is 0 Å². The van der Waals surface area contributed by atoms with Crippen molar-refractivity contribution in [3.05, 3.63) is 24.2 Å². The van der Waals surface area contributed by atoms with E-state index in [-0.39, 0.29) is 0 Å². The maximum absolute atomic E-state index is 5.84. The Morgan fingerprint density at radius 2 is 2.06 bits per heavy atom. The van der Waals surface area contributed by atoms with E-state index >= 15 is 0 Å². The largest absolute Gasteiger partial charge is 0.384 e. The van der Waals surface area contributed by atoms with E-state index in [0.29, 0.717) is 17.3 Å². The molecular weight excluding hydrogens is 204 g/mol. The van der Waals surface area contributed by atoms with E-state index in [0.717, 1.165) is 16.6 Å². The molecule has 0 bridgehead atoms. The molecule has 0 unspecified atom stereocenters. The van der Waals surface area contributed by atoms with Gasteiger partial charge in [-0.05, 0) is 18.6 Å². The fraction of sp³-hybridized carbons (Fsp3) is 0.100. The van der Waals surface area contributed by atoms with E-state index in [1.807, 2.05) is 6.92 Å². The van der Waals surface area contributed by atoms with Gasteiger partial charge in [0.15, 0.2) is 5.65 Å². The number of rotatable bonds is 0. The van der Waals surface area contributed by atoms with Crippen LogP contribution in [-0.2, 0) is 0 Å². The molecular formula is C10H10N6. The third-order valence-electron chi connectivity index (χ3n) is 2.55. The second-order valence-corrected chi connectivity index (χ2v) is 3.68. The molecule has 0 radical (unpaired) electrons. The van der Waals surface area contributed by atoms with Gasteiger partial charge in [0.25, 0.3) is 0 Å². The third-order valence-corrected chi connectivity index (χ3v) is 2.55. The van der Waals surface area contributed by atoms with Crippen LogP contribution in [-0.4, -0.2) is 19.4 Å². The molecule has 16 heavy (non-hydrogen) atoms. The Morgan fingerprint density at radius 3 is 2.88 bits per heavy atom. The number of anilines is 2. The zero-order chi connectivity index (χ0) is 11.3. The predicted molar refractivity (Wildman–Crippen MR) is 61.8 cm³/mol. The number of pyridine rings is 1. The Morgan fingerprint density at radius 1 is 1.25 bits per heavy atom. The number of fused-ring (bicyclic) bond motifs is 3. The molecule has 0 amide bonds. The summed E-state index contributed by atoms with van der Waals surface area (Å²) in [5.41, 5.74) is 14.7. The highest BCUT2D eigenvalue weighted by Crippen LogP contribution is 2.21. The Kier molecular flexibility index (Phi) is 1.57. The summed E-state index contributed by atoms with van der Waals surface area (Å²) >= 11 is 0. The summed E-state index contributed by atoms with van der Waals surface area (Å²) < 4.78 is 1.79. The number of nitrogens with zero attached hydrogens (tertiary/aromatic N) is 4. The number of hydrogen-bond acceptors (Lipinski definition) is 5. The maximum Gasteiger partial charge on any atom is 0.167 e. The molecule has 3 aromatic heterocycles. The maximum atomic E-state index is 5.84. The van der Waals surface area contributed by atoms with Crippen molar-refractivity contribution in [1.82, 2.24) is 19.4 Å². The quantitative estimate of drug-likeness (QED) is 0.575. The van der Waals surface area contributed by atoms with Gasteiger partial charge >= 0.3 is 0 Å². The Bertz CT molecular complexity index is 699. The van der Waals surface area contributed by atoms with Crippen molar-refractivity contribution in [3.8, 4) is 0 Å². The molecule has 0 aliphatic rings. The van der Waals surface area contributed by atoms with Crippen LogP contribution in [0.5, 0.6) is 0 Å². The third kappa shape index (κ3) is 1.04. The average Bonchev–Trinajstić information content (AvgIpc) is 2.69. The van der Waals surface area contributed by atoms with Gasteiger partial charge in [0.1, 0.15) is 29.0 Å². The first kappa shape index (κ1) is 8.90. The first-order valence-electron chi connectivity index (χ1n) is 4.81. The molecule has 0 saturated heterocycles. The summed E-state index contributed by atoms with van der Waals surface area (Å²) in [5, 5.41) is 0. The van der Waals surface area contributed by atoms with Crippen LogP contribution in [0.15, 0.2) is 18.6 Å². The van der Waals surface area contributed by atoms with Crippen LogP contribution in [0.4, 0.5) is 11.6 Å². The van der Waals surface area contributed by atoms with E-state index in [1.165, 1.54) is 0 Å². The first-order valence-corrected chi connectivity index (χ1v) is 4.81. The minimum absolute atomic E-state index is 0.444. The van der Waals surface area contributed by atoms with Gasteiger partial charge in [-0.15, -0.1) is 0 Å². The molecule has 3 aromatic rings. The Hall–Kier alpha value is -2.37. The summed E-state index contributed by atoms with van der Waals surface area (Å²) in [7, 11) is 0. The van der Waals surface area contributed by atoms with Gasteiger partial charge in [-0.3, -0.25) is 4.40 Å². The van der Waals surface area contributed by atoms with E-state index in [2.05, 4.69) is 15.0 Å². The van der Waals surface area contributed by atoms with Crippen molar-refractivity contribution in [2.24, 2.45) is 0 Å². The Labute approximate surface area is 90.9 Å². The summed E-state index contributed by atoms with van der Waals surface area (Å²) in [6.45, 7) is 1.93. The fourth-order valence-electron chi connectivity index (χ4n) is 1.81.